The fourth-order valence-electron chi connectivity index (χ4n) is 3.80. The van der Waals surface area contributed by atoms with Gasteiger partial charge in [-0.3, -0.25) is 10.1 Å². The second-order valence-corrected chi connectivity index (χ2v) is 7.56. The summed E-state index contributed by atoms with van der Waals surface area (Å²) < 4.78 is 6.94. The molecule has 0 spiro atoms. The van der Waals surface area contributed by atoms with Crippen LogP contribution in [0.15, 0.2) is 18.2 Å². The Balaban J connectivity index is 1.97. The summed E-state index contributed by atoms with van der Waals surface area (Å²) in [5, 5.41) is 16.1. The molecule has 0 saturated heterocycles. The van der Waals surface area contributed by atoms with Gasteiger partial charge in [-0.1, -0.05) is 19.1 Å². The summed E-state index contributed by atoms with van der Waals surface area (Å²) in [5.74, 6) is 1.18. The van der Waals surface area contributed by atoms with E-state index >= 15 is 0 Å². The second-order valence-electron chi connectivity index (χ2n) is 7.56. The zero-order valence-corrected chi connectivity index (χ0v) is 16.7. The molecular weight excluding hydrogens is 342 g/mol. The Morgan fingerprint density at radius 3 is 2.78 bits per heavy atom. The number of nitrogens with zero attached hydrogens (tertiary/aromatic N) is 4. The third-order valence-corrected chi connectivity index (χ3v) is 5.71. The fourth-order valence-corrected chi connectivity index (χ4v) is 3.80. The van der Waals surface area contributed by atoms with Crippen molar-refractivity contribution in [2.24, 2.45) is 5.92 Å². The number of rotatable bonds is 6. The van der Waals surface area contributed by atoms with E-state index < -0.39 is 5.54 Å². The molecule has 146 valence electrons. The average molecular weight is 371 g/mol. The first-order valence-corrected chi connectivity index (χ1v) is 9.73. The second kappa shape index (κ2) is 8.17. The van der Waals surface area contributed by atoms with E-state index in [9.17, 15) is 4.79 Å². The molecule has 1 N–H and O–H groups in total. The van der Waals surface area contributed by atoms with Crippen LogP contribution in [0.2, 0.25) is 0 Å². The average Bonchev–Trinajstić information content (AvgIpc) is 3.14. The summed E-state index contributed by atoms with van der Waals surface area (Å²) in [6.07, 6.45) is 3.91. The molecule has 7 heteroatoms. The molecule has 0 atom stereocenters. The molecule has 2 aromatic rings. The number of aromatic nitrogens is 4. The van der Waals surface area contributed by atoms with Gasteiger partial charge in [-0.15, -0.1) is 5.10 Å². The quantitative estimate of drug-likeness (QED) is 0.787. The Kier molecular flexibility index (Phi) is 5.89. The predicted molar refractivity (Wildman–Crippen MR) is 103 cm³/mol. The van der Waals surface area contributed by atoms with E-state index in [1.807, 2.05) is 23.7 Å². The van der Waals surface area contributed by atoms with Gasteiger partial charge in [0.2, 0.25) is 0 Å². The minimum absolute atomic E-state index is 0.155. The van der Waals surface area contributed by atoms with Crippen molar-refractivity contribution in [2.45, 2.75) is 58.9 Å². The minimum Gasteiger partial charge on any atom is -0.465 e. The topological polar surface area (TPSA) is 81.9 Å². The van der Waals surface area contributed by atoms with Crippen LogP contribution in [0.3, 0.4) is 0 Å². The van der Waals surface area contributed by atoms with Gasteiger partial charge in [0.1, 0.15) is 0 Å². The maximum Gasteiger partial charge on any atom is 0.319 e. The van der Waals surface area contributed by atoms with E-state index in [1.165, 1.54) is 5.56 Å². The molecule has 1 aromatic carbocycles. The lowest BCUT2D eigenvalue weighted by molar-refractivity contribution is -0.142. The van der Waals surface area contributed by atoms with Crippen molar-refractivity contribution in [3.05, 3.63) is 35.2 Å². The van der Waals surface area contributed by atoms with Crippen LogP contribution in [0.5, 0.6) is 0 Å². The monoisotopic (exact) mass is 371 g/mol. The smallest absolute Gasteiger partial charge is 0.319 e. The van der Waals surface area contributed by atoms with Crippen molar-refractivity contribution in [1.82, 2.24) is 25.5 Å². The lowest BCUT2D eigenvalue weighted by atomic mass is 9.76. The number of tetrazole rings is 1. The third-order valence-electron chi connectivity index (χ3n) is 5.71. The Morgan fingerprint density at radius 2 is 2.07 bits per heavy atom. The molecule has 0 unspecified atom stereocenters. The highest BCUT2D eigenvalue weighted by atomic mass is 16.5. The Labute approximate surface area is 160 Å². The molecule has 1 aliphatic rings. The summed E-state index contributed by atoms with van der Waals surface area (Å²) >= 11 is 0. The van der Waals surface area contributed by atoms with Gasteiger partial charge in [0.05, 0.1) is 24.4 Å². The van der Waals surface area contributed by atoms with Crippen LogP contribution in [0.1, 0.15) is 56.5 Å². The van der Waals surface area contributed by atoms with Gasteiger partial charge in [0, 0.05) is 0 Å². The van der Waals surface area contributed by atoms with E-state index in [4.69, 9.17) is 4.74 Å². The molecule has 1 saturated carbocycles. The Morgan fingerprint density at radius 1 is 1.33 bits per heavy atom. The largest absolute Gasteiger partial charge is 0.465 e. The molecule has 1 aromatic heterocycles. The number of benzene rings is 1. The standard InChI is InChI=1S/C20H29N5O2/c1-5-27-18(26)13-21-20(11-9-14(2)10-12-20)19-22-23-24-25(19)17-8-6-7-15(3)16(17)4/h6-8,14,21H,5,9-13H2,1-4H3. The molecule has 0 amide bonds. The van der Waals surface area contributed by atoms with Gasteiger partial charge in [0.15, 0.2) is 5.82 Å². The van der Waals surface area contributed by atoms with Crippen molar-refractivity contribution in [3.63, 3.8) is 0 Å². The molecule has 0 radical (unpaired) electrons. The molecule has 1 heterocycles. The van der Waals surface area contributed by atoms with E-state index in [-0.39, 0.29) is 12.5 Å². The van der Waals surface area contributed by atoms with Crippen molar-refractivity contribution < 1.29 is 9.53 Å². The lowest BCUT2D eigenvalue weighted by Gasteiger charge is -2.39. The van der Waals surface area contributed by atoms with Crippen molar-refractivity contribution >= 4 is 5.97 Å². The molecule has 3 rings (SSSR count). The third kappa shape index (κ3) is 4.03. The number of carbonyl (C=O) groups excluding carboxylic acids is 1. The van der Waals surface area contributed by atoms with Crippen molar-refractivity contribution in [2.75, 3.05) is 13.2 Å². The van der Waals surface area contributed by atoms with Gasteiger partial charge in [-0.25, -0.2) is 0 Å². The van der Waals surface area contributed by atoms with E-state index in [0.29, 0.717) is 12.5 Å². The number of nitrogens with one attached hydrogen (secondary N) is 1. The summed E-state index contributed by atoms with van der Waals surface area (Å²) in [4.78, 5) is 12.0. The van der Waals surface area contributed by atoms with Gasteiger partial charge < -0.3 is 4.74 Å². The Hall–Kier alpha value is -2.28. The number of carbonyl (C=O) groups is 1. The van der Waals surface area contributed by atoms with Crippen LogP contribution in [0, 0.1) is 19.8 Å². The molecular formula is C20H29N5O2. The van der Waals surface area contributed by atoms with Gasteiger partial charge in [-0.05, 0) is 80.0 Å². The normalized spacial score (nSPS) is 22.6. The van der Waals surface area contributed by atoms with E-state index in [2.05, 4.69) is 47.7 Å². The summed E-state index contributed by atoms with van der Waals surface area (Å²) in [7, 11) is 0. The number of hydrogen-bond donors (Lipinski definition) is 1. The number of ether oxygens (including phenoxy) is 1. The molecule has 0 bridgehead atoms. The maximum atomic E-state index is 12.0. The maximum absolute atomic E-state index is 12.0. The van der Waals surface area contributed by atoms with Crippen LogP contribution in [-0.4, -0.2) is 39.3 Å². The van der Waals surface area contributed by atoms with Crippen LogP contribution in [-0.2, 0) is 15.1 Å². The van der Waals surface area contributed by atoms with Crippen molar-refractivity contribution in [3.8, 4) is 5.69 Å². The molecule has 1 fully saturated rings. The number of hydrogen-bond acceptors (Lipinski definition) is 6. The molecule has 27 heavy (non-hydrogen) atoms. The summed E-state index contributed by atoms with van der Waals surface area (Å²) in [6, 6.07) is 6.14. The number of aryl methyl sites for hydroxylation is 1. The first-order valence-electron chi connectivity index (χ1n) is 9.73. The van der Waals surface area contributed by atoms with Crippen molar-refractivity contribution in [1.29, 1.82) is 0 Å². The lowest BCUT2D eigenvalue weighted by Crippen LogP contribution is -2.49. The van der Waals surface area contributed by atoms with Crippen LogP contribution < -0.4 is 5.32 Å². The summed E-state index contributed by atoms with van der Waals surface area (Å²) in [6.45, 7) is 8.78. The highest BCUT2D eigenvalue weighted by molar-refractivity contribution is 5.71. The van der Waals surface area contributed by atoms with Crippen LogP contribution in [0.4, 0.5) is 0 Å². The first-order chi connectivity index (χ1) is 13.0. The molecule has 1 aliphatic carbocycles. The van der Waals surface area contributed by atoms with Gasteiger partial charge >= 0.3 is 5.97 Å². The zero-order valence-electron chi connectivity index (χ0n) is 16.7. The van der Waals surface area contributed by atoms with Gasteiger partial charge in [-0.2, -0.15) is 4.68 Å². The zero-order chi connectivity index (χ0) is 19.4. The highest BCUT2D eigenvalue weighted by Gasteiger charge is 2.41. The SMILES string of the molecule is CCOC(=O)CNC1(c2nnnn2-c2cccc(C)c2C)CCC(C)CC1. The molecule has 0 aliphatic heterocycles. The number of esters is 1. The first kappa shape index (κ1) is 19.5. The van der Waals surface area contributed by atoms with E-state index in [1.54, 1.807) is 0 Å². The minimum atomic E-state index is -0.432. The predicted octanol–water partition coefficient (Wildman–Crippen LogP) is 2.84. The van der Waals surface area contributed by atoms with E-state index in [0.717, 1.165) is 42.8 Å². The van der Waals surface area contributed by atoms with Gasteiger partial charge in [0.25, 0.3) is 0 Å². The van der Waals surface area contributed by atoms with Crippen LogP contribution >= 0.6 is 0 Å². The molecule has 7 nitrogen and oxygen atoms in total. The fraction of sp³-hybridized carbons (Fsp3) is 0.600. The summed E-state index contributed by atoms with van der Waals surface area (Å²) in [5.41, 5.74) is 2.89. The van der Waals surface area contributed by atoms with Crippen LogP contribution in [0.25, 0.3) is 5.69 Å². The highest BCUT2D eigenvalue weighted by Crippen LogP contribution is 2.39. The Bertz CT molecular complexity index is 793.